The topological polar surface area (TPSA) is 34.4 Å². The van der Waals surface area contributed by atoms with Gasteiger partial charge in [0.25, 0.3) is 0 Å². The van der Waals surface area contributed by atoms with Crippen molar-refractivity contribution < 1.29 is 4.79 Å². The molecular formula is C7H6N2OS. The second kappa shape index (κ2) is 2.47. The molecule has 0 aliphatic heterocycles. The van der Waals surface area contributed by atoms with Crippen LogP contribution in [-0.4, -0.2) is 15.7 Å². The van der Waals surface area contributed by atoms with Gasteiger partial charge in [0.15, 0.2) is 4.96 Å². The lowest BCUT2D eigenvalue weighted by Crippen LogP contribution is -1.89. The van der Waals surface area contributed by atoms with Gasteiger partial charge in [0, 0.05) is 29.9 Å². The Morgan fingerprint density at radius 3 is 3.45 bits per heavy atom. The van der Waals surface area contributed by atoms with Crippen molar-refractivity contribution in [3.63, 3.8) is 0 Å². The molecule has 0 spiro atoms. The van der Waals surface area contributed by atoms with E-state index in [9.17, 15) is 4.79 Å². The fourth-order valence-electron chi connectivity index (χ4n) is 1.00. The second-order valence-corrected chi connectivity index (χ2v) is 3.01. The lowest BCUT2D eigenvalue weighted by atomic mass is 10.4. The Labute approximate surface area is 67.3 Å². The summed E-state index contributed by atoms with van der Waals surface area (Å²) >= 11 is 1.55. The minimum atomic E-state index is 0.469. The van der Waals surface area contributed by atoms with E-state index in [4.69, 9.17) is 0 Å². The van der Waals surface area contributed by atoms with Crippen molar-refractivity contribution in [3.8, 4) is 0 Å². The number of carbonyl (C=O) groups is 1. The molecular weight excluding hydrogens is 160 g/mol. The maximum absolute atomic E-state index is 10.2. The quantitative estimate of drug-likeness (QED) is 0.627. The Hall–Kier alpha value is -1.16. The summed E-state index contributed by atoms with van der Waals surface area (Å²) < 4.78 is 1.93. The van der Waals surface area contributed by atoms with E-state index in [1.807, 2.05) is 16.0 Å². The Balaban J connectivity index is 2.59. The van der Waals surface area contributed by atoms with Crippen LogP contribution in [0, 0.1) is 0 Å². The molecule has 2 rings (SSSR count). The van der Waals surface area contributed by atoms with Crippen molar-refractivity contribution >= 4 is 22.6 Å². The van der Waals surface area contributed by atoms with Crippen LogP contribution in [0.4, 0.5) is 0 Å². The summed E-state index contributed by atoms with van der Waals surface area (Å²) in [6, 6.07) is 0. The first kappa shape index (κ1) is 6.54. The third-order valence-electron chi connectivity index (χ3n) is 1.51. The van der Waals surface area contributed by atoms with E-state index >= 15 is 0 Å². The molecule has 56 valence electrons. The van der Waals surface area contributed by atoms with E-state index < -0.39 is 0 Å². The highest BCUT2D eigenvalue weighted by atomic mass is 32.1. The summed E-state index contributed by atoms with van der Waals surface area (Å²) in [7, 11) is 0. The van der Waals surface area contributed by atoms with Crippen molar-refractivity contribution in [1.82, 2.24) is 9.38 Å². The van der Waals surface area contributed by atoms with Gasteiger partial charge in [-0.15, -0.1) is 11.3 Å². The first-order valence-corrected chi connectivity index (χ1v) is 4.13. The van der Waals surface area contributed by atoms with Crippen LogP contribution in [0.25, 0.3) is 4.96 Å². The zero-order chi connectivity index (χ0) is 7.68. The number of imidazole rings is 1. The van der Waals surface area contributed by atoms with Crippen molar-refractivity contribution in [2.24, 2.45) is 0 Å². The molecule has 2 aromatic rings. The highest BCUT2D eigenvalue weighted by Crippen LogP contribution is 2.13. The van der Waals surface area contributed by atoms with E-state index in [2.05, 4.69) is 4.98 Å². The summed E-state index contributed by atoms with van der Waals surface area (Å²) in [5.74, 6) is 0. The molecule has 0 aliphatic rings. The molecule has 0 unspecified atom stereocenters. The largest absolute Gasteiger partial charge is 0.303 e. The summed E-state index contributed by atoms with van der Waals surface area (Å²) in [5.41, 5.74) is 1.01. The molecule has 4 heteroatoms. The summed E-state index contributed by atoms with van der Waals surface area (Å²) in [6.45, 7) is 0. The molecule has 0 N–H and O–H groups in total. The van der Waals surface area contributed by atoms with Gasteiger partial charge in [-0.1, -0.05) is 0 Å². The predicted molar refractivity (Wildman–Crippen MR) is 42.8 cm³/mol. The normalized spacial score (nSPS) is 10.5. The van der Waals surface area contributed by atoms with Gasteiger partial charge in [-0.25, -0.2) is 4.98 Å². The van der Waals surface area contributed by atoms with E-state index in [0.29, 0.717) is 6.42 Å². The second-order valence-electron chi connectivity index (χ2n) is 2.18. The van der Waals surface area contributed by atoms with Crippen LogP contribution in [0.5, 0.6) is 0 Å². The van der Waals surface area contributed by atoms with Gasteiger partial charge in [0.2, 0.25) is 0 Å². The predicted octanol–water partition coefficient (Wildman–Crippen LogP) is 1.14. The number of hydrogen-bond donors (Lipinski definition) is 0. The van der Waals surface area contributed by atoms with Gasteiger partial charge < -0.3 is 4.79 Å². The van der Waals surface area contributed by atoms with Crippen LogP contribution in [0.15, 0.2) is 17.8 Å². The number of carbonyl (C=O) groups excluding carboxylic acids is 1. The van der Waals surface area contributed by atoms with Crippen LogP contribution < -0.4 is 0 Å². The molecule has 2 heterocycles. The molecule has 0 saturated carbocycles. The standard InChI is InChI=1S/C7H6N2OS/c10-4-1-6-5-11-7-8-2-3-9(6)7/h2-5H,1H2. The van der Waals surface area contributed by atoms with E-state index in [1.54, 1.807) is 17.5 Å². The van der Waals surface area contributed by atoms with Gasteiger partial charge in [-0.2, -0.15) is 0 Å². The Kier molecular flexibility index (Phi) is 1.47. The summed E-state index contributed by atoms with van der Waals surface area (Å²) in [4.78, 5) is 15.2. The molecule has 2 aromatic heterocycles. The Bertz CT molecular complexity index is 376. The molecule has 0 fully saturated rings. The third-order valence-corrected chi connectivity index (χ3v) is 2.41. The van der Waals surface area contributed by atoms with E-state index in [0.717, 1.165) is 16.9 Å². The number of aromatic nitrogens is 2. The number of rotatable bonds is 2. The van der Waals surface area contributed by atoms with Crippen molar-refractivity contribution in [3.05, 3.63) is 23.5 Å². The monoisotopic (exact) mass is 166 g/mol. The Morgan fingerprint density at radius 1 is 1.73 bits per heavy atom. The van der Waals surface area contributed by atoms with Gasteiger partial charge in [-0.3, -0.25) is 4.40 Å². The number of thiazole rings is 1. The number of hydrogen-bond acceptors (Lipinski definition) is 3. The van der Waals surface area contributed by atoms with Crippen molar-refractivity contribution in [2.45, 2.75) is 6.42 Å². The van der Waals surface area contributed by atoms with Gasteiger partial charge in [0.1, 0.15) is 6.29 Å². The molecule has 0 saturated heterocycles. The zero-order valence-corrected chi connectivity index (χ0v) is 6.54. The van der Waals surface area contributed by atoms with Crippen LogP contribution in [-0.2, 0) is 11.2 Å². The zero-order valence-electron chi connectivity index (χ0n) is 5.73. The van der Waals surface area contributed by atoms with E-state index in [1.165, 1.54) is 0 Å². The molecule has 0 aliphatic carbocycles. The first-order valence-electron chi connectivity index (χ1n) is 3.25. The molecule has 0 amide bonds. The molecule has 0 bridgehead atoms. The average molecular weight is 166 g/mol. The molecule has 0 aromatic carbocycles. The number of fused-ring (bicyclic) bond motifs is 1. The highest BCUT2D eigenvalue weighted by molar-refractivity contribution is 7.15. The van der Waals surface area contributed by atoms with Crippen molar-refractivity contribution in [2.75, 3.05) is 0 Å². The minimum absolute atomic E-state index is 0.469. The lowest BCUT2D eigenvalue weighted by Gasteiger charge is -1.88. The fourth-order valence-corrected chi connectivity index (χ4v) is 1.87. The molecule has 0 radical (unpaired) electrons. The van der Waals surface area contributed by atoms with E-state index in [-0.39, 0.29) is 0 Å². The van der Waals surface area contributed by atoms with Gasteiger partial charge in [0.05, 0.1) is 0 Å². The average Bonchev–Trinajstić information content (AvgIpc) is 2.53. The summed E-state index contributed by atoms with van der Waals surface area (Å²) in [6.07, 6.45) is 4.97. The Morgan fingerprint density at radius 2 is 2.64 bits per heavy atom. The minimum Gasteiger partial charge on any atom is -0.303 e. The summed E-state index contributed by atoms with van der Waals surface area (Å²) in [5, 5.41) is 1.96. The molecule has 0 atom stereocenters. The third kappa shape index (κ3) is 0.952. The van der Waals surface area contributed by atoms with Crippen LogP contribution in [0.3, 0.4) is 0 Å². The van der Waals surface area contributed by atoms with Crippen LogP contribution in [0.1, 0.15) is 5.69 Å². The molecule has 11 heavy (non-hydrogen) atoms. The first-order chi connectivity index (χ1) is 5.42. The molecule has 3 nitrogen and oxygen atoms in total. The fraction of sp³-hybridized carbons (Fsp3) is 0.143. The van der Waals surface area contributed by atoms with Crippen LogP contribution in [0.2, 0.25) is 0 Å². The number of aldehydes is 1. The van der Waals surface area contributed by atoms with Gasteiger partial charge in [-0.05, 0) is 0 Å². The SMILES string of the molecule is O=CCc1csc2nccn12. The maximum atomic E-state index is 10.2. The van der Waals surface area contributed by atoms with Gasteiger partial charge >= 0.3 is 0 Å². The number of nitrogens with zero attached hydrogens (tertiary/aromatic N) is 2. The smallest absolute Gasteiger partial charge is 0.193 e. The maximum Gasteiger partial charge on any atom is 0.193 e. The highest BCUT2D eigenvalue weighted by Gasteiger charge is 2.01. The lowest BCUT2D eigenvalue weighted by molar-refractivity contribution is -0.107. The van der Waals surface area contributed by atoms with Crippen LogP contribution >= 0.6 is 11.3 Å². The van der Waals surface area contributed by atoms with Crippen molar-refractivity contribution in [1.29, 1.82) is 0 Å².